The molecule has 0 aliphatic rings. The van der Waals surface area contributed by atoms with Gasteiger partial charge < -0.3 is 10.4 Å². The third kappa shape index (κ3) is 4.38. The largest absolute Gasteiger partial charge is 0.478 e. The fourth-order valence-corrected chi connectivity index (χ4v) is 2.64. The lowest BCUT2D eigenvalue weighted by Gasteiger charge is -2.09. The number of para-hydroxylation sites is 1. The van der Waals surface area contributed by atoms with Gasteiger partial charge in [0.25, 0.3) is 16.0 Å². The van der Waals surface area contributed by atoms with Gasteiger partial charge in [0.2, 0.25) is 0 Å². The van der Waals surface area contributed by atoms with E-state index < -0.39 is 28.6 Å². The Hall–Kier alpha value is -2.71. The quantitative estimate of drug-likeness (QED) is 0.778. The lowest BCUT2D eigenvalue weighted by atomic mass is 10.2. The molecule has 0 spiro atoms. The van der Waals surface area contributed by atoms with Gasteiger partial charge in [0.05, 0.1) is 16.1 Å². The molecule has 0 fully saturated rings. The number of anilines is 1. The first-order chi connectivity index (χ1) is 10.9. The summed E-state index contributed by atoms with van der Waals surface area (Å²) in [6.45, 7) is -0.759. The molecule has 120 valence electrons. The maximum atomic E-state index is 11.9. The van der Waals surface area contributed by atoms with E-state index in [-0.39, 0.29) is 16.1 Å². The van der Waals surface area contributed by atoms with Crippen molar-refractivity contribution in [1.29, 1.82) is 0 Å². The topological polar surface area (TPSA) is 110 Å². The molecule has 2 rings (SSSR count). The van der Waals surface area contributed by atoms with Crippen molar-refractivity contribution in [3.63, 3.8) is 0 Å². The van der Waals surface area contributed by atoms with E-state index in [1.54, 1.807) is 12.1 Å². The molecule has 0 saturated heterocycles. The lowest BCUT2D eigenvalue weighted by molar-refractivity contribution is -0.118. The number of hydrogen-bond donors (Lipinski definition) is 2. The van der Waals surface area contributed by atoms with Crippen LogP contribution in [-0.2, 0) is 19.1 Å². The van der Waals surface area contributed by atoms with Crippen LogP contribution in [0.1, 0.15) is 10.4 Å². The molecule has 0 atom stereocenters. The fraction of sp³-hybridized carbons (Fsp3) is 0.0667. The summed E-state index contributed by atoms with van der Waals surface area (Å²) in [4.78, 5) is 22.7. The van der Waals surface area contributed by atoms with Crippen LogP contribution in [0.15, 0.2) is 59.5 Å². The minimum absolute atomic E-state index is 0.0608. The van der Waals surface area contributed by atoms with Crippen molar-refractivity contribution in [3.8, 4) is 0 Å². The van der Waals surface area contributed by atoms with E-state index >= 15 is 0 Å². The summed E-state index contributed by atoms with van der Waals surface area (Å²) in [6, 6.07) is 13.2. The predicted molar refractivity (Wildman–Crippen MR) is 81.6 cm³/mol. The number of aromatic carboxylic acids is 1. The first-order valence-electron chi connectivity index (χ1n) is 6.47. The van der Waals surface area contributed by atoms with Crippen molar-refractivity contribution in [2.45, 2.75) is 4.90 Å². The highest BCUT2D eigenvalue weighted by molar-refractivity contribution is 7.86. The molecule has 1 amide bonds. The summed E-state index contributed by atoms with van der Waals surface area (Å²) in [5.74, 6) is -1.99. The van der Waals surface area contributed by atoms with E-state index in [2.05, 4.69) is 9.50 Å². The Labute approximate surface area is 132 Å². The Kier molecular flexibility index (Phi) is 5.09. The molecule has 0 radical (unpaired) electrons. The van der Waals surface area contributed by atoms with E-state index in [1.807, 2.05) is 0 Å². The van der Waals surface area contributed by atoms with E-state index in [9.17, 15) is 18.0 Å². The summed E-state index contributed by atoms with van der Waals surface area (Å²) in [6.07, 6.45) is 0. The highest BCUT2D eigenvalue weighted by atomic mass is 32.2. The van der Waals surface area contributed by atoms with Gasteiger partial charge in [-0.1, -0.05) is 30.3 Å². The molecule has 2 aromatic rings. The van der Waals surface area contributed by atoms with Crippen molar-refractivity contribution < 1.29 is 27.3 Å². The van der Waals surface area contributed by atoms with Gasteiger partial charge in [0.1, 0.15) is 6.61 Å². The van der Waals surface area contributed by atoms with E-state index in [4.69, 9.17) is 5.11 Å². The Morgan fingerprint density at radius 1 is 1.00 bits per heavy atom. The summed E-state index contributed by atoms with van der Waals surface area (Å²) < 4.78 is 28.4. The fourth-order valence-electron chi connectivity index (χ4n) is 1.75. The van der Waals surface area contributed by atoms with Crippen LogP contribution in [0.3, 0.4) is 0 Å². The van der Waals surface area contributed by atoms with Crippen LogP contribution in [0.4, 0.5) is 5.69 Å². The standard InChI is InChI=1S/C15H13NO6S/c17-14(16-13-9-5-4-8-12(13)15(18)19)10-22-23(20,21)11-6-2-1-3-7-11/h1-9H,10H2,(H,16,17)(H,18,19). The van der Waals surface area contributed by atoms with Crippen molar-refractivity contribution >= 4 is 27.7 Å². The molecule has 8 heteroatoms. The molecule has 0 saturated carbocycles. The van der Waals surface area contributed by atoms with Gasteiger partial charge in [0.15, 0.2) is 0 Å². The summed E-state index contributed by atoms with van der Waals surface area (Å²) in [7, 11) is -4.05. The molecular formula is C15H13NO6S. The third-order valence-corrected chi connectivity index (χ3v) is 4.09. The van der Waals surface area contributed by atoms with Gasteiger partial charge in [-0.3, -0.25) is 8.98 Å². The number of carboxylic acids is 1. The number of rotatable bonds is 6. The maximum absolute atomic E-state index is 11.9. The lowest BCUT2D eigenvalue weighted by Crippen LogP contribution is -2.22. The molecule has 0 bridgehead atoms. The van der Waals surface area contributed by atoms with Crippen molar-refractivity contribution in [3.05, 3.63) is 60.2 Å². The Morgan fingerprint density at radius 3 is 2.26 bits per heavy atom. The molecule has 0 aliphatic carbocycles. The number of amides is 1. The minimum Gasteiger partial charge on any atom is -0.478 e. The van der Waals surface area contributed by atoms with Gasteiger partial charge >= 0.3 is 5.97 Å². The Balaban J connectivity index is 2.03. The highest BCUT2D eigenvalue weighted by Crippen LogP contribution is 2.15. The second-order valence-corrected chi connectivity index (χ2v) is 6.04. The zero-order valence-electron chi connectivity index (χ0n) is 11.8. The second-order valence-electron chi connectivity index (χ2n) is 4.43. The zero-order chi connectivity index (χ0) is 16.9. The van der Waals surface area contributed by atoms with Gasteiger partial charge in [-0.15, -0.1) is 0 Å². The molecule has 7 nitrogen and oxygen atoms in total. The Morgan fingerprint density at radius 2 is 1.61 bits per heavy atom. The summed E-state index contributed by atoms with van der Waals surface area (Å²) in [5.41, 5.74) is -0.0440. The van der Waals surface area contributed by atoms with Crippen LogP contribution < -0.4 is 5.32 Å². The van der Waals surface area contributed by atoms with Crippen LogP contribution in [-0.4, -0.2) is 32.0 Å². The van der Waals surface area contributed by atoms with Crippen LogP contribution in [0, 0.1) is 0 Å². The monoisotopic (exact) mass is 335 g/mol. The van der Waals surface area contributed by atoms with Gasteiger partial charge in [-0.25, -0.2) is 4.79 Å². The number of carbonyl (C=O) groups is 2. The maximum Gasteiger partial charge on any atom is 0.337 e. The first-order valence-corrected chi connectivity index (χ1v) is 7.87. The van der Waals surface area contributed by atoms with Gasteiger partial charge in [0, 0.05) is 0 Å². The van der Waals surface area contributed by atoms with E-state index in [0.29, 0.717) is 0 Å². The summed E-state index contributed by atoms with van der Waals surface area (Å²) >= 11 is 0. The SMILES string of the molecule is O=C(COS(=O)(=O)c1ccccc1)Nc1ccccc1C(=O)O. The molecular weight excluding hydrogens is 322 g/mol. The normalized spacial score (nSPS) is 11.0. The molecule has 0 aliphatic heterocycles. The molecule has 0 unspecified atom stereocenters. The molecule has 0 aromatic heterocycles. The smallest absolute Gasteiger partial charge is 0.337 e. The minimum atomic E-state index is -4.05. The van der Waals surface area contributed by atoms with Crippen LogP contribution in [0.5, 0.6) is 0 Å². The van der Waals surface area contributed by atoms with Crippen molar-refractivity contribution in [2.75, 3.05) is 11.9 Å². The van der Waals surface area contributed by atoms with Crippen LogP contribution in [0.25, 0.3) is 0 Å². The number of hydrogen-bond acceptors (Lipinski definition) is 5. The van der Waals surface area contributed by atoms with Gasteiger partial charge in [-0.2, -0.15) is 8.42 Å². The van der Waals surface area contributed by atoms with E-state index in [1.165, 1.54) is 42.5 Å². The van der Waals surface area contributed by atoms with Crippen LogP contribution in [0.2, 0.25) is 0 Å². The number of benzene rings is 2. The molecule has 0 heterocycles. The average Bonchev–Trinajstić information content (AvgIpc) is 2.54. The number of carbonyl (C=O) groups excluding carboxylic acids is 1. The van der Waals surface area contributed by atoms with Crippen LogP contribution >= 0.6 is 0 Å². The molecule has 2 N–H and O–H groups in total. The highest BCUT2D eigenvalue weighted by Gasteiger charge is 2.18. The number of carboxylic acid groups (broad SMARTS) is 1. The number of nitrogens with one attached hydrogen (secondary N) is 1. The summed E-state index contributed by atoms with van der Waals surface area (Å²) in [5, 5.41) is 11.3. The predicted octanol–water partition coefficient (Wildman–Crippen LogP) is 1.73. The van der Waals surface area contributed by atoms with Crippen molar-refractivity contribution in [2.24, 2.45) is 0 Å². The first kappa shape index (κ1) is 16.7. The van der Waals surface area contributed by atoms with Gasteiger partial charge in [-0.05, 0) is 24.3 Å². The zero-order valence-corrected chi connectivity index (χ0v) is 12.6. The third-order valence-electron chi connectivity index (χ3n) is 2.81. The molecule has 2 aromatic carbocycles. The Bertz CT molecular complexity index is 817. The second kappa shape index (κ2) is 7.03. The average molecular weight is 335 g/mol. The van der Waals surface area contributed by atoms with E-state index in [0.717, 1.165) is 0 Å². The molecule has 23 heavy (non-hydrogen) atoms. The van der Waals surface area contributed by atoms with Crippen molar-refractivity contribution in [1.82, 2.24) is 0 Å².